The lowest BCUT2D eigenvalue weighted by Gasteiger charge is -2.31. The van der Waals surface area contributed by atoms with Crippen molar-refractivity contribution in [2.75, 3.05) is 13.1 Å². The molecular weight excluding hydrogens is 276 g/mol. The summed E-state index contributed by atoms with van der Waals surface area (Å²) in [6, 6.07) is 0. The Labute approximate surface area is 122 Å². The lowest BCUT2D eigenvalue weighted by molar-refractivity contribution is -0.143. The molecule has 1 aliphatic heterocycles. The van der Waals surface area contributed by atoms with Gasteiger partial charge in [0.2, 0.25) is 0 Å². The molecule has 2 heterocycles. The molecule has 0 saturated carbocycles. The molecule has 0 bridgehead atoms. The van der Waals surface area contributed by atoms with E-state index in [2.05, 4.69) is 4.98 Å². The molecule has 1 saturated heterocycles. The summed E-state index contributed by atoms with van der Waals surface area (Å²) in [7, 11) is 0. The van der Waals surface area contributed by atoms with Crippen LogP contribution in [0.1, 0.15) is 49.0 Å². The van der Waals surface area contributed by atoms with Crippen LogP contribution in [0.3, 0.4) is 0 Å². The van der Waals surface area contributed by atoms with Crippen LogP contribution < -0.4 is 0 Å². The van der Waals surface area contributed by atoms with Crippen LogP contribution in [0.2, 0.25) is 0 Å². The van der Waals surface area contributed by atoms with E-state index in [1.54, 1.807) is 10.4 Å². The van der Waals surface area contributed by atoms with Gasteiger partial charge in [-0.25, -0.2) is 4.98 Å². The molecule has 2 rings (SSSR count). The van der Waals surface area contributed by atoms with Gasteiger partial charge in [-0.3, -0.25) is 9.59 Å². The minimum atomic E-state index is -0.817. The molecule has 5 nitrogen and oxygen atoms in total. The minimum Gasteiger partial charge on any atom is -0.481 e. The maximum Gasteiger partial charge on any atom is 0.308 e. The van der Waals surface area contributed by atoms with Crippen LogP contribution in [0.4, 0.5) is 0 Å². The highest BCUT2D eigenvalue weighted by molar-refractivity contribution is 7.11. The summed E-state index contributed by atoms with van der Waals surface area (Å²) in [6.07, 6.45) is 1.39. The molecule has 0 aliphatic carbocycles. The number of nitrogens with zero attached hydrogens (tertiary/aromatic N) is 2. The number of likely N-dealkylation sites (tertiary alicyclic amines) is 1. The molecule has 1 N–H and O–H groups in total. The van der Waals surface area contributed by atoms with Gasteiger partial charge in [0.1, 0.15) is 4.88 Å². The smallest absolute Gasteiger partial charge is 0.308 e. The highest BCUT2D eigenvalue weighted by atomic mass is 32.1. The van der Waals surface area contributed by atoms with Gasteiger partial charge in [-0.15, -0.1) is 11.3 Å². The molecule has 1 aromatic heterocycles. The number of aliphatic carboxylic acids is 1. The second-order valence-electron chi connectivity index (χ2n) is 6.21. The van der Waals surface area contributed by atoms with Gasteiger partial charge in [-0.05, 0) is 12.8 Å². The van der Waals surface area contributed by atoms with Crippen LogP contribution in [-0.2, 0) is 10.2 Å². The van der Waals surface area contributed by atoms with Crippen molar-refractivity contribution in [2.24, 2.45) is 5.92 Å². The summed E-state index contributed by atoms with van der Waals surface area (Å²) in [4.78, 5) is 30.3. The Morgan fingerprint density at radius 3 is 2.75 bits per heavy atom. The van der Waals surface area contributed by atoms with E-state index in [1.165, 1.54) is 11.3 Å². The number of piperidine rings is 1. The molecule has 1 aromatic rings. The highest BCUT2D eigenvalue weighted by Gasteiger charge is 2.32. The SMILES string of the molecule is CC(C)(C)c1ncsc1C(=O)N1CCC[C@H](C(=O)O)C1. The van der Waals surface area contributed by atoms with Crippen LogP contribution in [-0.4, -0.2) is 40.0 Å². The van der Waals surface area contributed by atoms with E-state index in [1.807, 2.05) is 20.8 Å². The van der Waals surface area contributed by atoms with Gasteiger partial charge in [0.15, 0.2) is 0 Å². The molecular formula is C14H20N2O3S. The highest BCUT2D eigenvalue weighted by Crippen LogP contribution is 2.29. The summed E-state index contributed by atoms with van der Waals surface area (Å²) < 4.78 is 0. The summed E-state index contributed by atoms with van der Waals surface area (Å²) in [5.74, 6) is -1.34. The van der Waals surface area contributed by atoms with Crippen molar-refractivity contribution >= 4 is 23.2 Å². The number of carbonyl (C=O) groups excluding carboxylic acids is 1. The standard InChI is InChI=1S/C14H20N2O3S/c1-14(2,3)11-10(20-8-15-11)12(17)16-6-4-5-9(7-16)13(18)19/h8-9H,4-7H2,1-3H3,(H,18,19)/t9-/m0/s1. The van der Waals surface area contributed by atoms with Gasteiger partial charge in [0.25, 0.3) is 5.91 Å². The number of carboxylic acids is 1. The van der Waals surface area contributed by atoms with Gasteiger partial charge >= 0.3 is 5.97 Å². The van der Waals surface area contributed by atoms with Crippen molar-refractivity contribution in [1.82, 2.24) is 9.88 Å². The van der Waals surface area contributed by atoms with Crippen LogP contribution in [0, 0.1) is 5.92 Å². The second kappa shape index (κ2) is 5.52. The van der Waals surface area contributed by atoms with E-state index >= 15 is 0 Å². The van der Waals surface area contributed by atoms with Crippen molar-refractivity contribution in [3.63, 3.8) is 0 Å². The van der Waals surface area contributed by atoms with Crippen molar-refractivity contribution in [3.05, 3.63) is 16.1 Å². The zero-order chi connectivity index (χ0) is 14.9. The fourth-order valence-corrected chi connectivity index (χ4v) is 3.40. The van der Waals surface area contributed by atoms with Gasteiger partial charge < -0.3 is 10.0 Å². The van der Waals surface area contributed by atoms with E-state index in [0.29, 0.717) is 24.4 Å². The number of hydrogen-bond acceptors (Lipinski definition) is 4. The fourth-order valence-electron chi connectivity index (χ4n) is 2.44. The largest absolute Gasteiger partial charge is 0.481 e. The second-order valence-corrected chi connectivity index (χ2v) is 7.06. The van der Waals surface area contributed by atoms with Gasteiger partial charge in [0, 0.05) is 18.5 Å². The Hall–Kier alpha value is -1.43. The number of aromatic nitrogens is 1. The van der Waals surface area contributed by atoms with E-state index in [0.717, 1.165) is 12.1 Å². The zero-order valence-electron chi connectivity index (χ0n) is 12.0. The zero-order valence-corrected chi connectivity index (χ0v) is 12.9. The number of rotatable bonds is 2. The monoisotopic (exact) mass is 296 g/mol. The van der Waals surface area contributed by atoms with E-state index in [9.17, 15) is 9.59 Å². The van der Waals surface area contributed by atoms with Gasteiger partial charge in [0.05, 0.1) is 17.1 Å². The summed E-state index contributed by atoms with van der Waals surface area (Å²) in [5.41, 5.74) is 2.30. The van der Waals surface area contributed by atoms with E-state index < -0.39 is 11.9 Å². The normalized spacial score (nSPS) is 19.9. The molecule has 20 heavy (non-hydrogen) atoms. The number of carbonyl (C=O) groups is 2. The lowest BCUT2D eigenvalue weighted by atomic mass is 9.91. The quantitative estimate of drug-likeness (QED) is 0.909. The molecule has 0 aromatic carbocycles. The molecule has 110 valence electrons. The Kier molecular flexibility index (Phi) is 4.13. The third kappa shape index (κ3) is 3.00. The lowest BCUT2D eigenvalue weighted by Crippen LogP contribution is -2.42. The maximum absolute atomic E-state index is 12.6. The van der Waals surface area contributed by atoms with Crippen molar-refractivity contribution in [1.29, 1.82) is 0 Å². The first-order valence-electron chi connectivity index (χ1n) is 6.76. The van der Waals surface area contributed by atoms with Crippen molar-refractivity contribution in [3.8, 4) is 0 Å². The predicted octanol–water partition coefficient (Wildman–Crippen LogP) is 2.38. The fraction of sp³-hybridized carbons (Fsp3) is 0.643. The van der Waals surface area contributed by atoms with Crippen LogP contribution in [0.15, 0.2) is 5.51 Å². The number of amides is 1. The average molecular weight is 296 g/mol. The molecule has 1 fully saturated rings. The minimum absolute atomic E-state index is 0.0802. The van der Waals surface area contributed by atoms with Gasteiger partial charge in [-0.2, -0.15) is 0 Å². The first kappa shape index (κ1) is 15.0. The van der Waals surface area contributed by atoms with Crippen molar-refractivity contribution in [2.45, 2.75) is 39.0 Å². The van der Waals surface area contributed by atoms with E-state index in [4.69, 9.17) is 5.11 Å². The summed E-state index contributed by atoms with van der Waals surface area (Å²) >= 11 is 1.34. The first-order valence-corrected chi connectivity index (χ1v) is 7.64. The number of hydrogen-bond donors (Lipinski definition) is 1. The van der Waals surface area contributed by atoms with E-state index in [-0.39, 0.29) is 11.3 Å². The Morgan fingerprint density at radius 2 is 2.15 bits per heavy atom. The summed E-state index contributed by atoms with van der Waals surface area (Å²) in [5, 5.41) is 9.10. The maximum atomic E-state index is 12.6. The van der Waals surface area contributed by atoms with Crippen LogP contribution in [0.25, 0.3) is 0 Å². The first-order chi connectivity index (χ1) is 9.30. The molecule has 6 heteroatoms. The molecule has 0 radical (unpaired) electrons. The third-order valence-electron chi connectivity index (χ3n) is 3.53. The van der Waals surface area contributed by atoms with Gasteiger partial charge in [-0.1, -0.05) is 20.8 Å². The molecule has 1 atom stereocenters. The third-order valence-corrected chi connectivity index (χ3v) is 4.34. The van der Waals surface area contributed by atoms with Crippen molar-refractivity contribution < 1.29 is 14.7 Å². The number of carboxylic acid groups (broad SMARTS) is 1. The van der Waals surface area contributed by atoms with Crippen LogP contribution >= 0.6 is 11.3 Å². The summed E-state index contributed by atoms with van der Waals surface area (Å²) in [6.45, 7) is 7.00. The average Bonchev–Trinajstić information content (AvgIpc) is 2.87. The van der Waals surface area contributed by atoms with Crippen LogP contribution in [0.5, 0.6) is 0 Å². The Morgan fingerprint density at radius 1 is 1.45 bits per heavy atom. The molecule has 0 spiro atoms. The number of thiazole rings is 1. The predicted molar refractivity (Wildman–Crippen MR) is 77.1 cm³/mol. The topological polar surface area (TPSA) is 70.5 Å². The molecule has 1 amide bonds. The Balaban J connectivity index is 2.20. The molecule has 1 aliphatic rings. The Bertz CT molecular complexity index is 519. The molecule has 0 unspecified atom stereocenters.